The highest BCUT2D eigenvalue weighted by Crippen LogP contribution is 2.57. The van der Waals surface area contributed by atoms with Gasteiger partial charge in [0, 0.05) is 46.1 Å². The van der Waals surface area contributed by atoms with E-state index in [2.05, 4.69) is 49.4 Å². The van der Waals surface area contributed by atoms with Gasteiger partial charge in [-0.1, -0.05) is 45.9 Å². The second-order valence-electron chi connectivity index (χ2n) is 20.6. The van der Waals surface area contributed by atoms with Gasteiger partial charge < -0.3 is 53.9 Å². The van der Waals surface area contributed by atoms with Crippen molar-refractivity contribution in [1.82, 2.24) is 44.9 Å². The summed E-state index contributed by atoms with van der Waals surface area (Å²) in [5.41, 5.74) is 6.76. The number of hydrogen-bond donors (Lipinski definition) is 4. The molecule has 6 aromatic rings. The van der Waals surface area contributed by atoms with E-state index in [9.17, 15) is 19.2 Å². The maximum Gasteiger partial charge on any atom is 0.407 e. The number of amides is 4. The summed E-state index contributed by atoms with van der Waals surface area (Å²) in [6, 6.07) is 15.6. The molecule has 4 N–H and O–H groups in total. The minimum absolute atomic E-state index is 0.158. The summed E-state index contributed by atoms with van der Waals surface area (Å²) in [7, 11) is 2.55. The molecule has 72 heavy (non-hydrogen) atoms. The number of nitrogens with zero attached hydrogens (tertiary/aromatic N) is 5. The Bertz CT molecular complexity index is 3120. The zero-order chi connectivity index (χ0) is 50.2. The number of nitrogens with one attached hydrogen (secondary N) is 4. The van der Waals surface area contributed by atoms with Crippen LogP contribution in [0.25, 0.3) is 44.7 Å². The predicted molar refractivity (Wildman–Crippen MR) is 264 cm³/mol. The first kappa shape index (κ1) is 47.0. The van der Waals surface area contributed by atoms with Gasteiger partial charge in [0.1, 0.15) is 41.0 Å². The third-order valence-electron chi connectivity index (χ3n) is 15.5. The van der Waals surface area contributed by atoms with Crippen LogP contribution in [0.15, 0.2) is 67.0 Å². The number of H-pyrrole nitrogens is 2. The van der Waals surface area contributed by atoms with E-state index in [1.807, 2.05) is 52.0 Å². The number of halogens is 1. The van der Waals surface area contributed by atoms with Gasteiger partial charge in [-0.05, 0) is 93.2 Å². The lowest BCUT2D eigenvalue weighted by atomic mass is 9.89. The van der Waals surface area contributed by atoms with E-state index in [1.54, 1.807) is 22.2 Å². The molecule has 11 rings (SSSR count). The van der Waals surface area contributed by atoms with Gasteiger partial charge in [0.15, 0.2) is 0 Å². The molecule has 1 unspecified atom stereocenters. The lowest BCUT2D eigenvalue weighted by Crippen LogP contribution is -2.51. The minimum atomic E-state index is -0.779. The highest BCUT2D eigenvalue weighted by Gasteiger charge is 2.48. The average Bonchev–Trinajstić information content (AvgIpc) is 4.07. The van der Waals surface area contributed by atoms with Gasteiger partial charge in [-0.15, -0.1) is 0 Å². The number of carbonyl (C=O) groups excluding carboxylic acids is 4. The van der Waals surface area contributed by atoms with E-state index in [1.165, 1.54) is 25.8 Å². The molecular weight excluding hydrogens is 922 g/mol. The molecule has 4 aliphatic heterocycles. The average molecular weight is 982 g/mol. The maximum absolute atomic E-state index is 17.1. The van der Waals surface area contributed by atoms with E-state index < -0.39 is 36.3 Å². The van der Waals surface area contributed by atoms with Gasteiger partial charge in [-0.25, -0.2) is 23.9 Å². The molecule has 3 aromatic heterocycles. The Hall–Kier alpha value is -7.37. The number of alkyl carbamates (subject to hydrolysis) is 2. The Kier molecular flexibility index (Phi) is 12.0. The van der Waals surface area contributed by atoms with Crippen molar-refractivity contribution in [2.75, 3.05) is 33.9 Å². The van der Waals surface area contributed by atoms with Crippen LogP contribution in [0.2, 0.25) is 0 Å². The van der Waals surface area contributed by atoms with Crippen LogP contribution in [0.3, 0.4) is 0 Å². The summed E-state index contributed by atoms with van der Waals surface area (Å²) in [6.45, 7) is 9.21. The molecule has 0 radical (unpaired) electrons. The van der Waals surface area contributed by atoms with Crippen molar-refractivity contribution < 1.29 is 42.5 Å². The molecule has 2 saturated heterocycles. The topological polar surface area (TPSA) is 198 Å². The third-order valence-corrected chi connectivity index (χ3v) is 15.5. The summed E-state index contributed by atoms with van der Waals surface area (Å²) in [4.78, 5) is 72.0. The van der Waals surface area contributed by atoms with Crippen LogP contribution in [0.4, 0.5) is 14.0 Å². The zero-order valence-corrected chi connectivity index (χ0v) is 41.3. The van der Waals surface area contributed by atoms with Crippen LogP contribution in [0.5, 0.6) is 11.5 Å². The molecule has 4 amide bonds. The molecular formula is C54H60FN9O8. The smallest absolute Gasteiger partial charge is 0.407 e. The Morgan fingerprint density at radius 1 is 0.750 bits per heavy atom. The lowest BCUT2D eigenvalue weighted by molar-refractivity contribution is -0.136. The van der Waals surface area contributed by atoms with Crippen molar-refractivity contribution in [2.24, 2.45) is 11.8 Å². The number of hydrogen-bond acceptors (Lipinski definition) is 10. The van der Waals surface area contributed by atoms with E-state index in [0.29, 0.717) is 72.5 Å². The predicted octanol–water partition coefficient (Wildman–Crippen LogP) is 9.07. The van der Waals surface area contributed by atoms with Crippen molar-refractivity contribution in [3.63, 3.8) is 0 Å². The fourth-order valence-corrected chi connectivity index (χ4v) is 11.4. The summed E-state index contributed by atoms with van der Waals surface area (Å²) in [5, 5.41) is 6.26. The zero-order valence-electron chi connectivity index (χ0n) is 41.3. The first-order valence-corrected chi connectivity index (χ1v) is 25.1. The van der Waals surface area contributed by atoms with Gasteiger partial charge in [0.2, 0.25) is 18.0 Å². The molecule has 376 valence electrons. The van der Waals surface area contributed by atoms with Crippen molar-refractivity contribution in [3.05, 3.63) is 95.6 Å². The number of rotatable bonds is 11. The van der Waals surface area contributed by atoms with Crippen molar-refractivity contribution in [3.8, 4) is 45.3 Å². The molecule has 1 aliphatic carbocycles. The summed E-state index contributed by atoms with van der Waals surface area (Å²) in [5.74, 6) is 1.22. The molecule has 0 bridgehead atoms. The molecule has 18 heteroatoms. The van der Waals surface area contributed by atoms with Crippen molar-refractivity contribution >= 4 is 34.9 Å². The number of aromatic amines is 2. The highest BCUT2D eigenvalue weighted by molar-refractivity contribution is 5.93. The van der Waals surface area contributed by atoms with Gasteiger partial charge in [0.25, 0.3) is 0 Å². The molecule has 7 heterocycles. The van der Waals surface area contributed by atoms with Crippen LogP contribution < -0.4 is 20.1 Å². The van der Waals surface area contributed by atoms with Crippen molar-refractivity contribution in [2.45, 2.75) is 108 Å². The normalized spacial score (nSPS) is 20.4. The van der Waals surface area contributed by atoms with Crippen LogP contribution in [-0.2, 0) is 24.5 Å². The third kappa shape index (κ3) is 8.17. The van der Waals surface area contributed by atoms with Gasteiger partial charge in [-0.3, -0.25) is 9.59 Å². The first-order valence-electron chi connectivity index (χ1n) is 25.1. The SMILES string of the molecule is COC(=O)N[C@H](C(=O)N1CCC[C@H]1c1ncc(-c2cc(F)c3c(c2)OC(c2ccc4c(c2)OCCC42CC2)n2c-3cc3cc(-c4cnc([C@@H]5CCCN5C(=O)[C@@H](NC(=O)OC)C(C)C)[nH]4)ccc32)[nH]1)C(C)C. The number of ether oxygens (including phenoxy) is 4. The van der Waals surface area contributed by atoms with Crippen LogP contribution >= 0.6 is 0 Å². The fourth-order valence-electron chi connectivity index (χ4n) is 11.4. The quantitative estimate of drug-likeness (QED) is 0.0972. The van der Waals surface area contributed by atoms with Crippen LogP contribution in [0, 0.1) is 17.7 Å². The number of imidazole rings is 2. The van der Waals surface area contributed by atoms with Crippen molar-refractivity contribution in [1.29, 1.82) is 0 Å². The number of fused-ring (bicyclic) bond motifs is 7. The van der Waals surface area contributed by atoms with E-state index in [0.717, 1.165) is 65.6 Å². The molecule has 1 saturated carbocycles. The Morgan fingerprint density at radius 2 is 1.36 bits per heavy atom. The second kappa shape index (κ2) is 18.3. The molecule has 3 aromatic carbocycles. The first-order chi connectivity index (χ1) is 34.7. The lowest BCUT2D eigenvalue weighted by Gasteiger charge is -2.32. The molecule has 3 fully saturated rings. The maximum atomic E-state index is 17.1. The largest absolute Gasteiger partial charge is 0.493 e. The molecule has 17 nitrogen and oxygen atoms in total. The van der Waals surface area contributed by atoms with Gasteiger partial charge in [-0.2, -0.15) is 0 Å². The summed E-state index contributed by atoms with van der Waals surface area (Å²) >= 11 is 0. The Morgan fingerprint density at radius 3 is 1.94 bits per heavy atom. The molecule has 5 atom stereocenters. The van der Waals surface area contributed by atoms with Crippen LogP contribution in [-0.4, -0.2) is 104 Å². The number of carbonyl (C=O) groups is 4. The van der Waals surface area contributed by atoms with E-state index in [4.69, 9.17) is 28.9 Å². The van der Waals surface area contributed by atoms with Crippen LogP contribution in [0.1, 0.15) is 114 Å². The fraction of sp³-hybridized carbons (Fsp3) is 0.444. The minimum Gasteiger partial charge on any atom is -0.493 e. The van der Waals surface area contributed by atoms with Gasteiger partial charge in [0.05, 0.1) is 73.5 Å². The monoisotopic (exact) mass is 981 g/mol. The summed E-state index contributed by atoms with van der Waals surface area (Å²) < 4.78 is 42.0. The number of benzene rings is 3. The van der Waals surface area contributed by atoms with Gasteiger partial charge >= 0.3 is 12.2 Å². The number of likely N-dealkylation sites (tertiary alicyclic amines) is 2. The standard InChI is InChI=1S/C54H60FN9O8/c1-28(2)45(60-52(67)69-5)49(65)62-18-7-9-39(62)47-56-26-36(58-47)30-12-14-38-33(21-30)23-41-44-35(55)22-32(25-43(44)72-51(64(38)41)31-11-13-34-42(24-31)71-20-17-54(34)15-16-54)37-27-57-48(59-37)40-10-8-19-63(40)50(66)46(29(3)4)61-53(68)70-6/h11-14,21-29,39-40,45-46,51H,7-10,15-20H2,1-6H3,(H,56,58)(H,57,59)(H,60,67)(H,61,68)/t39-,40-,45-,46-,51?/m0/s1. The Balaban J connectivity index is 0.932. The molecule has 1 spiro atoms. The summed E-state index contributed by atoms with van der Waals surface area (Å²) in [6.07, 6.45) is 7.63. The number of aromatic nitrogens is 5. The Labute approximate surface area is 416 Å². The highest BCUT2D eigenvalue weighted by atomic mass is 19.1. The van der Waals surface area contributed by atoms with E-state index in [-0.39, 0.29) is 41.1 Å². The molecule has 5 aliphatic rings. The van der Waals surface area contributed by atoms with E-state index >= 15 is 4.39 Å². The number of methoxy groups -OCH3 is 2. The second-order valence-corrected chi connectivity index (χ2v) is 20.6.